The molecule has 3 N–H and O–H groups in total. The van der Waals surface area contributed by atoms with E-state index >= 15 is 0 Å². The van der Waals surface area contributed by atoms with Crippen LogP contribution >= 0.6 is 11.6 Å². The van der Waals surface area contributed by atoms with Gasteiger partial charge in [-0.15, -0.1) is 0 Å². The fourth-order valence-electron chi connectivity index (χ4n) is 3.84. The number of hydrogen-bond donors (Lipinski definition) is 3. The highest BCUT2D eigenvalue weighted by molar-refractivity contribution is 6.31. The van der Waals surface area contributed by atoms with Gasteiger partial charge in [0.15, 0.2) is 11.6 Å². The molecule has 2 fully saturated rings. The van der Waals surface area contributed by atoms with Crippen molar-refractivity contribution >= 4 is 46.6 Å². The second-order valence-electron chi connectivity index (χ2n) is 8.04. The van der Waals surface area contributed by atoms with Gasteiger partial charge in [0.2, 0.25) is 5.95 Å². The second-order valence-corrected chi connectivity index (χ2v) is 8.48. The van der Waals surface area contributed by atoms with Crippen LogP contribution in [-0.4, -0.2) is 60.6 Å². The topological polar surface area (TPSA) is 103 Å². The summed E-state index contributed by atoms with van der Waals surface area (Å²) in [5, 5.41) is 10.2. The number of ether oxygens (including phenoxy) is 1. The van der Waals surface area contributed by atoms with Crippen molar-refractivity contribution < 1.29 is 9.13 Å². The number of rotatable bonds is 7. The predicted molar refractivity (Wildman–Crippen MR) is 135 cm³/mol. The van der Waals surface area contributed by atoms with E-state index in [1.807, 2.05) is 35.2 Å². The molecule has 0 aliphatic carbocycles. The van der Waals surface area contributed by atoms with E-state index in [0.29, 0.717) is 37.0 Å². The van der Waals surface area contributed by atoms with Crippen LogP contribution in [-0.2, 0) is 4.74 Å². The van der Waals surface area contributed by atoms with Gasteiger partial charge in [-0.05, 0) is 36.8 Å². The number of anilines is 5. The molecule has 0 radical (unpaired) electrons. The molecule has 0 saturated carbocycles. The average Bonchev–Trinajstić information content (AvgIpc) is 3.42. The largest absolute Gasteiger partial charge is 0.378 e. The molecule has 0 unspecified atom stereocenters. The van der Waals surface area contributed by atoms with Crippen LogP contribution in [0.3, 0.4) is 0 Å². The van der Waals surface area contributed by atoms with Crippen molar-refractivity contribution in [3.05, 3.63) is 59.3 Å². The third-order valence-corrected chi connectivity index (χ3v) is 5.75. The van der Waals surface area contributed by atoms with Crippen LogP contribution in [0.25, 0.3) is 0 Å². The SMILES string of the molecule is Fc1cnc(N/N=C/c2ccc(Nc3cc(Cl)cc(N4CCCN4)c3)cn2)nc1N1CCOCC1. The standard InChI is InChI=1S/C23H25ClFN9O/c24-16-10-19(12-20(11-16)34-5-1-4-29-34)30-18-3-2-17(26-13-18)14-28-32-23-27-15-21(25)22(31-23)33-6-8-35-9-7-33/h2-3,10-15,29-30H,1,4-9H2,(H,27,31,32)/b28-14+. The number of hydrazone groups is 1. The van der Waals surface area contributed by atoms with Gasteiger partial charge < -0.3 is 20.0 Å². The van der Waals surface area contributed by atoms with Gasteiger partial charge in [0, 0.05) is 36.9 Å². The molecule has 12 heteroatoms. The number of nitrogens with one attached hydrogen (secondary N) is 3. The Kier molecular flexibility index (Phi) is 7.17. The fraction of sp³-hybridized carbons (Fsp3) is 0.304. The second kappa shape index (κ2) is 10.8. The van der Waals surface area contributed by atoms with E-state index in [4.69, 9.17) is 16.3 Å². The molecule has 10 nitrogen and oxygen atoms in total. The maximum Gasteiger partial charge on any atom is 0.245 e. The van der Waals surface area contributed by atoms with Gasteiger partial charge in [-0.25, -0.2) is 20.2 Å². The van der Waals surface area contributed by atoms with Crippen LogP contribution in [0.5, 0.6) is 0 Å². The zero-order chi connectivity index (χ0) is 24.0. The third-order valence-electron chi connectivity index (χ3n) is 5.53. The summed E-state index contributed by atoms with van der Waals surface area (Å²) in [4.78, 5) is 14.4. The smallest absolute Gasteiger partial charge is 0.245 e. The summed E-state index contributed by atoms with van der Waals surface area (Å²) >= 11 is 6.32. The lowest BCUT2D eigenvalue weighted by atomic mass is 10.2. The number of benzene rings is 1. The van der Waals surface area contributed by atoms with Gasteiger partial charge in [0.25, 0.3) is 0 Å². The summed E-state index contributed by atoms with van der Waals surface area (Å²) in [6, 6.07) is 9.57. The minimum absolute atomic E-state index is 0.201. The quantitative estimate of drug-likeness (QED) is 0.334. The third kappa shape index (κ3) is 5.94. The molecule has 5 rings (SSSR count). The van der Waals surface area contributed by atoms with Crippen molar-refractivity contribution in [2.24, 2.45) is 5.10 Å². The van der Waals surface area contributed by atoms with E-state index in [1.165, 1.54) is 0 Å². The lowest BCUT2D eigenvalue weighted by molar-refractivity contribution is 0.122. The van der Waals surface area contributed by atoms with Gasteiger partial charge in [-0.2, -0.15) is 10.1 Å². The Labute approximate surface area is 207 Å². The van der Waals surface area contributed by atoms with Crippen LogP contribution < -0.4 is 26.1 Å². The summed E-state index contributed by atoms with van der Waals surface area (Å²) < 4.78 is 19.5. The van der Waals surface area contributed by atoms with Gasteiger partial charge in [0.05, 0.1) is 48.9 Å². The van der Waals surface area contributed by atoms with Crippen molar-refractivity contribution in [3.63, 3.8) is 0 Å². The van der Waals surface area contributed by atoms with Crippen molar-refractivity contribution in [2.75, 3.05) is 60.0 Å². The minimum Gasteiger partial charge on any atom is -0.378 e. The molecule has 3 aromatic rings. The number of hydrogen-bond acceptors (Lipinski definition) is 10. The number of morpholine rings is 1. The van der Waals surface area contributed by atoms with Crippen LogP contribution in [0.4, 0.5) is 33.2 Å². The zero-order valence-electron chi connectivity index (χ0n) is 18.9. The van der Waals surface area contributed by atoms with Gasteiger partial charge in [0.1, 0.15) is 0 Å². The molecule has 2 saturated heterocycles. The van der Waals surface area contributed by atoms with Crippen LogP contribution in [0.2, 0.25) is 5.02 Å². The van der Waals surface area contributed by atoms with E-state index in [9.17, 15) is 4.39 Å². The Morgan fingerprint density at radius 1 is 1.09 bits per heavy atom. The average molecular weight is 498 g/mol. The lowest BCUT2D eigenvalue weighted by Gasteiger charge is -2.27. The van der Waals surface area contributed by atoms with E-state index in [2.05, 4.69) is 41.2 Å². The first-order chi connectivity index (χ1) is 17.1. The number of pyridine rings is 1. The molecule has 0 spiro atoms. The Balaban J connectivity index is 1.20. The molecule has 0 bridgehead atoms. The molecule has 1 aromatic carbocycles. The molecular formula is C23H25ClFN9O. The van der Waals surface area contributed by atoms with Gasteiger partial charge in [-0.3, -0.25) is 4.98 Å². The summed E-state index contributed by atoms with van der Waals surface area (Å²) in [6.07, 6.45) is 5.48. The highest BCUT2D eigenvalue weighted by atomic mass is 35.5. The summed E-state index contributed by atoms with van der Waals surface area (Å²) in [5.41, 5.74) is 9.40. The molecule has 4 heterocycles. The monoisotopic (exact) mass is 497 g/mol. The summed E-state index contributed by atoms with van der Waals surface area (Å²) in [6.45, 7) is 4.13. The van der Waals surface area contributed by atoms with Crippen LogP contribution in [0.1, 0.15) is 12.1 Å². The van der Waals surface area contributed by atoms with Gasteiger partial charge >= 0.3 is 0 Å². The highest BCUT2D eigenvalue weighted by Gasteiger charge is 2.18. The predicted octanol–water partition coefficient (Wildman–Crippen LogP) is 3.41. The number of aromatic nitrogens is 3. The van der Waals surface area contributed by atoms with Crippen molar-refractivity contribution in [1.82, 2.24) is 20.4 Å². The first-order valence-corrected chi connectivity index (χ1v) is 11.7. The zero-order valence-corrected chi connectivity index (χ0v) is 19.7. The van der Waals surface area contributed by atoms with Crippen LogP contribution in [0.15, 0.2) is 47.8 Å². The van der Waals surface area contributed by atoms with Gasteiger partial charge in [-0.1, -0.05) is 11.6 Å². The summed E-state index contributed by atoms with van der Waals surface area (Å²) in [5.74, 6) is -0.0411. The van der Waals surface area contributed by atoms with E-state index in [0.717, 1.165) is 42.8 Å². The fourth-order valence-corrected chi connectivity index (χ4v) is 4.07. The van der Waals surface area contributed by atoms with E-state index in [-0.39, 0.29) is 11.8 Å². The number of nitrogens with zero attached hydrogens (tertiary/aromatic N) is 6. The molecular weight excluding hydrogens is 473 g/mol. The first-order valence-electron chi connectivity index (χ1n) is 11.3. The normalized spacial score (nSPS) is 16.2. The van der Waals surface area contributed by atoms with Crippen LogP contribution in [0, 0.1) is 5.82 Å². The molecule has 2 aromatic heterocycles. The Morgan fingerprint density at radius 3 is 2.74 bits per heavy atom. The van der Waals surface area contributed by atoms with Crippen molar-refractivity contribution in [2.45, 2.75) is 6.42 Å². The number of hydrazine groups is 1. The van der Waals surface area contributed by atoms with E-state index < -0.39 is 5.82 Å². The Hall–Kier alpha value is -3.54. The lowest BCUT2D eigenvalue weighted by Crippen LogP contribution is -2.37. The maximum atomic E-state index is 14.2. The van der Waals surface area contributed by atoms with E-state index in [1.54, 1.807) is 12.4 Å². The molecule has 0 amide bonds. The Morgan fingerprint density at radius 2 is 1.97 bits per heavy atom. The molecule has 182 valence electrons. The molecule has 35 heavy (non-hydrogen) atoms. The minimum atomic E-state index is -0.477. The maximum absolute atomic E-state index is 14.2. The molecule has 2 aliphatic heterocycles. The first kappa shape index (κ1) is 23.2. The van der Waals surface area contributed by atoms with Crippen molar-refractivity contribution in [1.29, 1.82) is 0 Å². The Bertz CT molecular complexity index is 1180. The summed E-state index contributed by atoms with van der Waals surface area (Å²) in [7, 11) is 0. The number of halogens is 2. The highest BCUT2D eigenvalue weighted by Crippen LogP contribution is 2.28. The molecule has 0 atom stereocenters. The molecule has 2 aliphatic rings. The van der Waals surface area contributed by atoms with Crippen molar-refractivity contribution in [3.8, 4) is 0 Å².